The molecule has 0 aromatic heterocycles. The molecular weight excluding hydrogens is 486 g/mol. The number of hydrogen-bond acceptors (Lipinski definition) is 6. The Bertz CT molecular complexity index is 1170. The fraction of sp³-hybridized carbons (Fsp3) is 0.429. The summed E-state index contributed by atoms with van der Waals surface area (Å²) < 4.78 is 0. The van der Waals surface area contributed by atoms with E-state index in [9.17, 15) is 24.3 Å². The van der Waals surface area contributed by atoms with Gasteiger partial charge in [0.15, 0.2) is 0 Å². The van der Waals surface area contributed by atoms with Gasteiger partial charge in [-0.15, -0.1) is 0 Å². The van der Waals surface area contributed by atoms with Gasteiger partial charge in [0.05, 0.1) is 17.7 Å². The Morgan fingerprint density at radius 2 is 1.74 bits per heavy atom. The minimum absolute atomic E-state index is 0.142. The van der Waals surface area contributed by atoms with Crippen LogP contribution < -0.4 is 21.7 Å². The molecule has 0 aliphatic carbocycles. The number of likely N-dealkylation sites (N-methyl/N-ethyl adjacent to an activating group) is 1. The lowest BCUT2D eigenvalue weighted by atomic mass is 10.0. The Kier molecular flexibility index (Phi) is 10.4. The third-order valence-corrected chi connectivity index (χ3v) is 6.63. The highest BCUT2D eigenvalue weighted by molar-refractivity contribution is 6.11. The van der Waals surface area contributed by atoms with E-state index >= 15 is 0 Å². The maximum absolute atomic E-state index is 13.9. The molecule has 1 unspecified atom stereocenters. The SMILES string of the molecule is CN1C(=O)C(c2cccc(NC(=O)CCN)c2)N(CCC(=O)O)C(=O)c2cc(CCCCCCN)ccc21. The van der Waals surface area contributed by atoms with Crippen LogP contribution in [0.3, 0.4) is 0 Å². The van der Waals surface area contributed by atoms with E-state index in [0.717, 1.165) is 37.7 Å². The number of amides is 3. The lowest BCUT2D eigenvalue weighted by molar-refractivity contribution is -0.137. The van der Waals surface area contributed by atoms with Gasteiger partial charge in [-0.25, -0.2) is 0 Å². The van der Waals surface area contributed by atoms with Crippen molar-refractivity contribution >= 4 is 35.1 Å². The molecule has 1 atom stereocenters. The van der Waals surface area contributed by atoms with Crippen molar-refractivity contribution in [3.63, 3.8) is 0 Å². The molecule has 2 aromatic rings. The zero-order chi connectivity index (χ0) is 27.7. The molecule has 204 valence electrons. The van der Waals surface area contributed by atoms with Crippen LogP contribution in [-0.2, 0) is 20.8 Å². The third kappa shape index (κ3) is 7.17. The molecule has 1 heterocycles. The van der Waals surface area contributed by atoms with Gasteiger partial charge in [-0.2, -0.15) is 0 Å². The Hall–Kier alpha value is -3.76. The first-order valence-corrected chi connectivity index (χ1v) is 13.0. The van der Waals surface area contributed by atoms with Crippen LogP contribution in [0.1, 0.15) is 66.1 Å². The Labute approximate surface area is 223 Å². The van der Waals surface area contributed by atoms with E-state index in [0.29, 0.717) is 29.0 Å². The number of carboxylic acids is 1. The number of carbonyl (C=O) groups excluding carboxylic acids is 3. The number of benzene rings is 2. The topological polar surface area (TPSA) is 159 Å². The average Bonchev–Trinajstić information content (AvgIpc) is 2.96. The van der Waals surface area contributed by atoms with Crippen LogP contribution in [0, 0.1) is 0 Å². The monoisotopic (exact) mass is 523 g/mol. The summed E-state index contributed by atoms with van der Waals surface area (Å²) in [6.07, 6.45) is 4.63. The number of fused-ring (bicyclic) bond motifs is 1. The molecule has 6 N–H and O–H groups in total. The highest BCUT2D eigenvalue weighted by atomic mass is 16.4. The van der Waals surface area contributed by atoms with Gasteiger partial charge in [0.1, 0.15) is 6.04 Å². The second-order valence-corrected chi connectivity index (χ2v) is 9.46. The van der Waals surface area contributed by atoms with Crippen LogP contribution in [0.25, 0.3) is 0 Å². The molecule has 3 amide bonds. The number of nitrogens with one attached hydrogen (secondary N) is 1. The Morgan fingerprint density at radius 1 is 0.974 bits per heavy atom. The van der Waals surface area contributed by atoms with Gasteiger partial charge < -0.3 is 31.7 Å². The largest absolute Gasteiger partial charge is 0.481 e. The van der Waals surface area contributed by atoms with E-state index in [-0.39, 0.29) is 37.7 Å². The predicted molar refractivity (Wildman–Crippen MR) is 146 cm³/mol. The molecule has 10 nitrogen and oxygen atoms in total. The van der Waals surface area contributed by atoms with Gasteiger partial charge in [-0.05, 0) is 61.2 Å². The Morgan fingerprint density at radius 3 is 2.45 bits per heavy atom. The summed E-state index contributed by atoms with van der Waals surface area (Å²) in [5.41, 5.74) is 13.8. The number of carbonyl (C=O) groups is 4. The first-order chi connectivity index (χ1) is 18.3. The fourth-order valence-electron chi connectivity index (χ4n) is 4.65. The lowest BCUT2D eigenvalue weighted by Crippen LogP contribution is -2.42. The normalized spacial score (nSPS) is 15.3. The van der Waals surface area contributed by atoms with E-state index < -0.39 is 17.9 Å². The molecule has 0 spiro atoms. The number of nitrogens with zero attached hydrogens (tertiary/aromatic N) is 2. The second-order valence-electron chi connectivity index (χ2n) is 9.46. The molecule has 3 rings (SSSR count). The molecule has 2 aromatic carbocycles. The number of hydrogen-bond donors (Lipinski definition) is 4. The number of rotatable bonds is 13. The molecule has 1 aliphatic heterocycles. The van der Waals surface area contributed by atoms with Crippen molar-refractivity contribution in [1.29, 1.82) is 0 Å². The minimum Gasteiger partial charge on any atom is -0.481 e. The van der Waals surface area contributed by atoms with Gasteiger partial charge in [-0.3, -0.25) is 19.2 Å². The van der Waals surface area contributed by atoms with Crippen LogP contribution in [0.15, 0.2) is 42.5 Å². The molecular formula is C28H37N5O5. The second kappa shape index (κ2) is 13.7. The van der Waals surface area contributed by atoms with E-state index in [2.05, 4.69) is 5.32 Å². The first-order valence-electron chi connectivity index (χ1n) is 13.0. The number of anilines is 2. The molecule has 0 fully saturated rings. The highest BCUT2D eigenvalue weighted by Crippen LogP contribution is 2.35. The zero-order valence-corrected chi connectivity index (χ0v) is 21.8. The predicted octanol–water partition coefficient (Wildman–Crippen LogP) is 2.67. The highest BCUT2D eigenvalue weighted by Gasteiger charge is 2.39. The Balaban J connectivity index is 1.97. The first kappa shape index (κ1) is 28.8. The summed E-state index contributed by atoms with van der Waals surface area (Å²) in [5.74, 6) is -2.12. The summed E-state index contributed by atoms with van der Waals surface area (Å²) in [7, 11) is 1.61. The number of aliphatic carboxylic acids is 1. The minimum atomic E-state index is -1.07. The smallest absolute Gasteiger partial charge is 0.305 e. The quantitative estimate of drug-likeness (QED) is 0.294. The van der Waals surface area contributed by atoms with Crippen LogP contribution >= 0.6 is 0 Å². The third-order valence-electron chi connectivity index (χ3n) is 6.63. The van der Waals surface area contributed by atoms with Crippen LogP contribution in [-0.4, -0.2) is 60.4 Å². The summed E-state index contributed by atoms with van der Waals surface area (Å²) in [6, 6.07) is 11.1. The lowest BCUT2D eigenvalue weighted by Gasteiger charge is -2.30. The van der Waals surface area contributed by atoms with Gasteiger partial charge in [-0.1, -0.05) is 31.0 Å². The zero-order valence-electron chi connectivity index (χ0n) is 21.8. The molecule has 0 saturated heterocycles. The summed E-state index contributed by atoms with van der Waals surface area (Å²) in [5, 5.41) is 12.1. The molecule has 0 bridgehead atoms. The van der Waals surface area contributed by atoms with Crippen molar-refractivity contribution in [3.8, 4) is 0 Å². The van der Waals surface area contributed by atoms with Gasteiger partial charge in [0, 0.05) is 32.2 Å². The number of carboxylic acid groups (broad SMARTS) is 1. The van der Waals surface area contributed by atoms with Crippen LogP contribution in [0.2, 0.25) is 0 Å². The van der Waals surface area contributed by atoms with Crippen LogP contribution in [0.5, 0.6) is 0 Å². The van der Waals surface area contributed by atoms with E-state index in [1.807, 2.05) is 12.1 Å². The van der Waals surface area contributed by atoms with Crippen molar-refractivity contribution in [1.82, 2.24) is 4.90 Å². The molecule has 0 radical (unpaired) electrons. The summed E-state index contributed by atoms with van der Waals surface area (Å²) in [4.78, 5) is 54.0. The van der Waals surface area contributed by atoms with Crippen molar-refractivity contribution in [2.45, 2.75) is 51.0 Å². The number of aryl methyl sites for hydroxylation is 1. The molecule has 1 aliphatic rings. The summed E-state index contributed by atoms with van der Waals surface area (Å²) in [6.45, 7) is 0.720. The average molecular weight is 524 g/mol. The number of nitrogens with two attached hydrogens (primary N) is 2. The fourth-order valence-corrected chi connectivity index (χ4v) is 4.65. The van der Waals surface area contributed by atoms with Crippen LogP contribution in [0.4, 0.5) is 11.4 Å². The summed E-state index contributed by atoms with van der Waals surface area (Å²) >= 11 is 0. The molecule has 38 heavy (non-hydrogen) atoms. The van der Waals surface area contributed by atoms with E-state index in [1.165, 1.54) is 9.80 Å². The van der Waals surface area contributed by atoms with Gasteiger partial charge in [0.2, 0.25) is 5.91 Å². The van der Waals surface area contributed by atoms with E-state index in [4.69, 9.17) is 11.5 Å². The van der Waals surface area contributed by atoms with Crippen molar-refractivity contribution in [2.75, 3.05) is 36.9 Å². The van der Waals surface area contributed by atoms with Crippen molar-refractivity contribution < 1.29 is 24.3 Å². The van der Waals surface area contributed by atoms with E-state index in [1.54, 1.807) is 37.4 Å². The van der Waals surface area contributed by atoms with Crippen molar-refractivity contribution in [2.24, 2.45) is 11.5 Å². The standard InChI is InChI=1S/C28H37N5O5/c1-32-23-11-10-19(7-4-2-3-5-14-29)17-22(23)27(37)33(16-13-25(35)36)26(28(32)38)20-8-6-9-21(18-20)31-24(34)12-15-30/h6,8-11,17-18,26H,2-5,7,12-16,29-30H2,1H3,(H,31,34)(H,35,36). The maximum Gasteiger partial charge on any atom is 0.305 e. The maximum atomic E-state index is 13.9. The van der Waals surface area contributed by atoms with Crippen molar-refractivity contribution in [3.05, 3.63) is 59.2 Å². The molecule has 0 saturated carbocycles. The van der Waals surface area contributed by atoms with Gasteiger partial charge in [0.25, 0.3) is 11.8 Å². The van der Waals surface area contributed by atoms with Gasteiger partial charge >= 0.3 is 5.97 Å². The molecule has 10 heteroatoms. The number of unbranched alkanes of at least 4 members (excludes halogenated alkanes) is 3.